The fourth-order valence-electron chi connectivity index (χ4n) is 3.23. The summed E-state index contributed by atoms with van der Waals surface area (Å²) >= 11 is 0. The van der Waals surface area contributed by atoms with Crippen LogP contribution in [0.1, 0.15) is 19.3 Å². The largest absolute Gasteiger partial charge is 0.341 e. The molecule has 0 spiro atoms. The second kappa shape index (κ2) is 8.64. The van der Waals surface area contributed by atoms with Gasteiger partial charge in [0.15, 0.2) is 0 Å². The van der Waals surface area contributed by atoms with Crippen LogP contribution in [0.25, 0.3) is 0 Å². The highest BCUT2D eigenvalue weighted by atomic mass is 35.5. The normalized spacial score (nSPS) is 22.4. The number of carbonyl (C=O) groups is 2. The van der Waals surface area contributed by atoms with Gasteiger partial charge < -0.3 is 15.5 Å². The summed E-state index contributed by atoms with van der Waals surface area (Å²) in [5, 5.41) is 8.23. The quantitative estimate of drug-likeness (QED) is 0.743. The topological polar surface area (TPSA) is 73.5 Å². The smallest absolute Gasteiger partial charge is 0.319 e. The van der Waals surface area contributed by atoms with Crippen LogP contribution in [-0.2, 0) is 4.79 Å². The first-order valence-electron chi connectivity index (χ1n) is 8.45. The van der Waals surface area contributed by atoms with E-state index >= 15 is 0 Å². The van der Waals surface area contributed by atoms with Gasteiger partial charge in [-0.15, -0.1) is 12.4 Å². The number of anilines is 1. The molecule has 2 aliphatic heterocycles. The Morgan fingerprint density at radius 2 is 1.81 bits per heavy atom. The van der Waals surface area contributed by atoms with Crippen molar-refractivity contribution >= 4 is 30.0 Å². The van der Waals surface area contributed by atoms with E-state index in [1.54, 1.807) is 17.0 Å². The van der Waals surface area contributed by atoms with Gasteiger partial charge in [-0.25, -0.2) is 13.6 Å². The SMILES string of the molecule is Cl.O=C(Nc1ccccc1)NC1CCN(C(=O)C2CC(F)(F)CN2)CC1. The van der Waals surface area contributed by atoms with E-state index in [1.165, 1.54) is 0 Å². The van der Waals surface area contributed by atoms with Crippen molar-refractivity contribution in [3.63, 3.8) is 0 Å². The van der Waals surface area contributed by atoms with E-state index in [4.69, 9.17) is 0 Å². The van der Waals surface area contributed by atoms with E-state index in [-0.39, 0.29) is 30.4 Å². The van der Waals surface area contributed by atoms with Crippen molar-refractivity contribution < 1.29 is 18.4 Å². The average molecular weight is 389 g/mol. The lowest BCUT2D eigenvalue weighted by atomic mass is 10.0. The molecule has 6 nitrogen and oxygen atoms in total. The second-order valence-corrected chi connectivity index (χ2v) is 6.56. The molecule has 3 rings (SSSR count). The molecule has 3 N–H and O–H groups in total. The predicted molar refractivity (Wildman–Crippen MR) is 96.8 cm³/mol. The van der Waals surface area contributed by atoms with Gasteiger partial charge in [0.25, 0.3) is 5.92 Å². The number of hydrogen-bond donors (Lipinski definition) is 3. The minimum absolute atomic E-state index is 0. The third kappa shape index (κ3) is 5.28. The molecule has 1 atom stereocenters. The number of halogens is 3. The van der Waals surface area contributed by atoms with Crippen molar-refractivity contribution in [3.05, 3.63) is 30.3 Å². The third-order valence-electron chi connectivity index (χ3n) is 4.58. The lowest BCUT2D eigenvalue weighted by molar-refractivity contribution is -0.134. The Kier molecular flexibility index (Phi) is 6.77. The van der Waals surface area contributed by atoms with Gasteiger partial charge in [-0.1, -0.05) is 18.2 Å². The highest BCUT2D eigenvalue weighted by Crippen LogP contribution is 2.26. The summed E-state index contributed by atoms with van der Waals surface area (Å²) in [4.78, 5) is 25.9. The van der Waals surface area contributed by atoms with Gasteiger partial charge in [-0.2, -0.15) is 0 Å². The first-order valence-corrected chi connectivity index (χ1v) is 8.45. The molecule has 9 heteroatoms. The van der Waals surface area contributed by atoms with E-state index < -0.39 is 24.9 Å². The van der Waals surface area contributed by atoms with Crippen molar-refractivity contribution in [2.45, 2.75) is 37.3 Å². The molecule has 0 aromatic heterocycles. The summed E-state index contributed by atoms with van der Waals surface area (Å²) in [6.45, 7) is 0.471. The molecule has 0 bridgehead atoms. The lowest BCUT2D eigenvalue weighted by Gasteiger charge is -2.33. The number of benzene rings is 1. The number of nitrogens with one attached hydrogen (secondary N) is 3. The highest BCUT2D eigenvalue weighted by molar-refractivity contribution is 5.89. The number of carbonyl (C=O) groups excluding carboxylic acids is 2. The van der Waals surface area contributed by atoms with Gasteiger partial charge in [0, 0.05) is 31.2 Å². The molecule has 26 heavy (non-hydrogen) atoms. The Labute approximate surface area is 157 Å². The Hall–Kier alpha value is -1.93. The van der Waals surface area contributed by atoms with E-state index in [0.717, 1.165) is 0 Å². The van der Waals surface area contributed by atoms with Gasteiger partial charge in [-0.3, -0.25) is 10.1 Å². The zero-order chi connectivity index (χ0) is 17.9. The van der Waals surface area contributed by atoms with Crippen LogP contribution in [0.15, 0.2) is 30.3 Å². The summed E-state index contributed by atoms with van der Waals surface area (Å²) in [6.07, 6.45) is 0.775. The Morgan fingerprint density at radius 3 is 2.38 bits per heavy atom. The Balaban J connectivity index is 0.00000243. The molecular weight excluding hydrogens is 366 g/mol. The number of urea groups is 1. The van der Waals surface area contributed by atoms with Crippen molar-refractivity contribution in [3.8, 4) is 0 Å². The van der Waals surface area contributed by atoms with E-state index in [2.05, 4.69) is 16.0 Å². The molecule has 1 unspecified atom stereocenters. The molecule has 1 aromatic carbocycles. The summed E-state index contributed by atoms with van der Waals surface area (Å²) in [6, 6.07) is 8.00. The maximum Gasteiger partial charge on any atom is 0.319 e. The molecule has 0 saturated carbocycles. The maximum absolute atomic E-state index is 13.2. The van der Waals surface area contributed by atoms with Crippen LogP contribution in [0.4, 0.5) is 19.3 Å². The summed E-state index contributed by atoms with van der Waals surface area (Å²) in [5.41, 5.74) is 0.709. The monoisotopic (exact) mass is 388 g/mol. The summed E-state index contributed by atoms with van der Waals surface area (Å²) in [5.74, 6) is -3.08. The molecule has 2 aliphatic rings. The fourth-order valence-corrected chi connectivity index (χ4v) is 3.23. The molecule has 2 heterocycles. The summed E-state index contributed by atoms with van der Waals surface area (Å²) < 4.78 is 26.4. The first-order chi connectivity index (χ1) is 11.9. The van der Waals surface area contributed by atoms with Crippen LogP contribution in [0, 0.1) is 0 Å². The molecular formula is C17H23ClF2N4O2. The average Bonchev–Trinajstić information content (AvgIpc) is 2.96. The standard InChI is InChI=1S/C17H22F2N4O2.ClH/c18-17(19)10-14(20-11-17)15(24)23-8-6-13(7-9-23)22-16(25)21-12-4-2-1-3-5-12;/h1-5,13-14,20H,6-11H2,(H2,21,22,25);1H. The van der Waals surface area contributed by atoms with Crippen molar-refractivity contribution in [2.24, 2.45) is 0 Å². The van der Waals surface area contributed by atoms with Crippen LogP contribution in [-0.4, -0.2) is 54.5 Å². The number of para-hydroxylation sites is 1. The zero-order valence-corrected chi connectivity index (χ0v) is 15.0. The van der Waals surface area contributed by atoms with Gasteiger partial charge in [0.1, 0.15) is 0 Å². The van der Waals surface area contributed by atoms with Crippen molar-refractivity contribution in [1.29, 1.82) is 0 Å². The van der Waals surface area contributed by atoms with Gasteiger partial charge in [0.05, 0.1) is 12.6 Å². The molecule has 144 valence electrons. The van der Waals surface area contributed by atoms with Crippen LogP contribution >= 0.6 is 12.4 Å². The van der Waals surface area contributed by atoms with Crippen LogP contribution in [0.3, 0.4) is 0 Å². The minimum atomic E-state index is -2.81. The maximum atomic E-state index is 13.2. The number of alkyl halides is 2. The molecule has 1 aromatic rings. The highest BCUT2D eigenvalue weighted by Gasteiger charge is 2.43. The predicted octanol–water partition coefficient (Wildman–Crippen LogP) is 2.22. The number of piperidine rings is 1. The number of amides is 3. The summed E-state index contributed by atoms with van der Waals surface area (Å²) in [7, 11) is 0. The van der Waals surface area contributed by atoms with Crippen molar-refractivity contribution in [2.75, 3.05) is 25.0 Å². The molecule has 0 aliphatic carbocycles. The number of likely N-dealkylation sites (tertiary alicyclic amines) is 1. The number of hydrogen-bond acceptors (Lipinski definition) is 3. The first kappa shape index (κ1) is 20.4. The second-order valence-electron chi connectivity index (χ2n) is 6.56. The van der Waals surface area contributed by atoms with E-state index in [9.17, 15) is 18.4 Å². The third-order valence-corrected chi connectivity index (χ3v) is 4.58. The molecule has 2 saturated heterocycles. The molecule has 3 amide bonds. The van der Waals surface area contributed by atoms with Gasteiger partial charge in [-0.05, 0) is 25.0 Å². The Bertz CT molecular complexity index is 624. The van der Waals surface area contributed by atoms with Crippen LogP contribution in [0.5, 0.6) is 0 Å². The van der Waals surface area contributed by atoms with Crippen LogP contribution in [0.2, 0.25) is 0 Å². The van der Waals surface area contributed by atoms with Gasteiger partial charge >= 0.3 is 6.03 Å². The van der Waals surface area contributed by atoms with E-state index in [0.29, 0.717) is 31.6 Å². The molecule has 2 fully saturated rings. The number of nitrogens with zero attached hydrogens (tertiary/aromatic N) is 1. The minimum Gasteiger partial charge on any atom is -0.341 e. The van der Waals surface area contributed by atoms with Crippen LogP contribution < -0.4 is 16.0 Å². The van der Waals surface area contributed by atoms with Gasteiger partial charge in [0.2, 0.25) is 5.91 Å². The zero-order valence-electron chi connectivity index (χ0n) is 14.2. The fraction of sp³-hybridized carbons (Fsp3) is 0.529. The number of rotatable bonds is 3. The molecule has 0 radical (unpaired) electrons. The Morgan fingerprint density at radius 1 is 1.15 bits per heavy atom. The lowest BCUT2D eigenvalue weighted by Crippen LogP contribution is -2.51. The van der Waals surface area contributed by atoms with E-state index in [1.807, 2.05) is 18.2 Å². The van der Waals surface area contributed by atoms with Crippen molar-refractivity contribution in [1.82, 2.24) is 15.5 Å².